The van der Waals surface area contributed by atoms with Gasteiger partial charge < -0.3 is 0 Å². The molecule has 0 saturated heterocycles. The lowest BCUT2D eigenvalue weighted by Crippen LogP contribution is -2.26. The van der Waals surface area contributed by atoms with Crippen LogP contribution in [0.4, 0.5) is 0 Å². The predicted octanol–water partition coefficient (Wildman–Crippen LogP) is 13.3. The van der Waals surface area contributed by atoms with E-state index in [0.717, 1.165) is 39.1 Å². The summed E-state index contributed by atoms with van der Waals surface area (Å²) >= 11 is 0. The van der Waals surface area contributed by atoms with E-state index in [1.807, 2.05) is 12.1 Å². The SMILES string of the molecule is c1ccc(-c2nc(-c3cccc(-c4ccc5c6c(ccc5c4)-c4c(ccc5ccccc45)C64c5ccccc5-c5ccccc54)c3)nc3ccccc23)cc1. The molecule has 0 atom stereocenters. The monoisotopic (exact) mass is 696 g/mol. The van der Waals surface area contributed by atoms with Gasteiger partial charge >= 0.3 is 0 Å². The molecule has 0 N–H and O–H groups in total. The third kappa shape index (κ3) is 4.19. The molecule has 0 unspecified atom stereocenters. The number of hydrogen-bond acceptors (Lipinski definition) is 2. The first-order valence-electron chi connectivity index (χ1n) is 19.0. The van der Waals surface area contributed by atoms with Crippen molar-refractivity contribution in [2.75, 3.05) is 0 Å². The number of rotatable bonds is 3. The third-order valence-corrected chi connectivity index (χ3v) is 12.1. The molecule has 2 heteroatoms. The zero-order valence-electron chi connectivity index (χ0n) is 29.9. The quantitative estimate of drug-likeness (QED) is 0.184. The van der Waals surface area contributed by atoms with Crippen LogP contribution in [0.25, 0.3) is 88.5 Å². The van der Waals surface area contributed by atoms with E-state index in [1.165, 1.54) is 71.6 Å². The lowest BCUT2D eigenvalue weighted by molar-refractivity contribution is 0.802. The van der Waals surface area contributed by atoms with Crippen LogP contribution >= 0.6 is 0 Å². The van der Waals surface area contributed by atoms with E-state index >= 15 is 0 Å². The van der Waals surface area contributed by atoms with E-state index in [9.17, 15) is 0 Å². The Bertz CT molecular complexity index is 3170. The number of hydrogen-bond donors (Lipinski definition) is 0. The van der Waals surface area contributed by atoms with Crippen molar-refractivity contribution in [3.8, 4) is 56.0 Å². The van der Waals surface area contributed by atoms with Gasteiger partial charge in [-0.05, 0) is 95.4 Å². The summed E-state index contributed by atoms with van der Waals surface area (Å²) < 4.78 is 0. The molecule has 10 aromatic rings. The van der Waals surface area contributed by atoms with Crippen molar-refractivity contribution >= 4 is 32.4 Å². The fourth-order valence-corrected chi connectivity index (χ4v) is 9.78. The maximum absolute atomic E-state index is 5.17. The summed E-state index contributed by atoms with van der Waals surface area (Å²) in [6.07, 6.45) is 0. The summed E-state index contributed by atoms with van der Waals surface area (Å²) in [4.78, 5) is 10.2. The molecule has 1 aromatic heterocycles. The van der Waals surface area contributed by atoms with Gasteiger partial charge in [-0.1, -0.05) is 176 Å². The second-order valence-electron chi connectivity index (χ2n) is 14.8. The number of fused-ring (bicyclic) bond motifs is 15. The van der Waals surface area contributed by atoms with Crippen molar-refractivity contribution in [1.29, 1.82) is 0 Å². The van der Waals surface area contributed by atoms with Gasteiger partial charge in [0.25, 0.3) is 0 Å². The van der Waals surface area contributed by atoms with Crippen molar-refractivity contribution in [3.63, 3.8) is 0 Å². The van der Waals surface area contributed by atoms with Crippen LogP contribution in [0, 0.1) is 0 Å². The highest BCUT2D eigenvalue weighted by molar-refractivity contribution is 6.11. The van der Waals surface area contributed by atoms with Crippen molar-refractivity contribution in [2.24, 2.45) is 0 Å². The molecule has 12 rings (SSSR count). The van der Waals surface area contributed by atoms with Crippen molar-refractivity contribution in [1.82, 2.24) is 9.97 Å². The molecule has 1 heterocycles. The Hall–Kier alpha value is -7.16. The lowest BCUT2D eigenvalue weighted by Gasteiger charge is -2.31. The Balaban J connectivity index is 1.06. The van der Waals surface area contributed by atoms with E-state index in [-0.39, 0.29) is 0 Å². The summed E-state index contributed by atoms with van der Waals surface area (Å²) in [7, 11) is 0. The van der Waals surface area contributed by atoms with E-state index in [4.69, 9.17) is 9.97 Å². The van der Waals surface area contributed by atoms with Crippen LogP contribution in [0.2, 0.25) is 0 Å². The highest BCUT2D eigenvalue weighted by atomic mass is 14.9. The summed E-state index contributed by atoms with van der Waals surface area (Å²) in [6, 6.07) is 70.8. The Morgan fingerprint density at radius 3 is 1.84 bits per heavy atom. The molecule has 2 aliphatic carbocycles. The van der Waals surface area contributed by atoms with Gasteiger partial charge in [0.1, 0.15) is 0 Å². The highest BCUT2D eigenvalue weighted by Gasteiger charge is 2.52. The minimum Gasteiger partial charge on any atom is -0.228 e. The normalized spacial score (nSPS) is 13.2. The zero-order chi connectivity index (χ0) is 36.1. The molecule has 55 heavy (non-hydrogen) atoms. The third-order valence-electron chi connectivity index (χ3n) is 12.1. The van der Waals surface area contributed by atoms with Crippen LogP contribution in [0.15, 0.2) is 194 Å². The molecule has 0 radical (unpaired) electrons. The second-order valence-corrected chi connectivity index (χ2v) is 14.8. The standard InChI is InChI=1S/C53H32N2/c1-2-14-34(15-3-1)51-43-21-8-11-24-48(43)54-52(55-51)38-17-12-16-35(32-38)36-25-28-40-37(31-36)26-29-44-49-39-18-5-4-13-33(39)27-30-47(49)53(50(40)44)45-22-9-6-19-41(45)42-20-7-10-23-46(42)53/h1-32H. The molecule has 254 valence electrons. The van der Waals surface area contributed by atoms with Crippen molar-refractivity contribution in [3.05, 3.63) is 216 Å². The minimum atomic E-state index is -0.424. The largest absolute Gasteiger partial charge is 0.228 e. The maximum atomic E-state index is 5.17. The molecule has 0 saturated carbocycles. The zero-order valence-corrected chi connectivity index (χ0v) is 29.9. The number of para-hydroxylation sites is 1. The van der Waals surface area contributed by atoms with Crippen LogP contribution in [0.1, 0.15) is 22.3 Å². The van der Waals surface area contributed by atoms with Gasteiger partial charge in [0, 0.05) is 16.5 Å². The Kier molecular flexibility index (Phi) is 6.29. The molecule has 0 aliphatic heterocycles. The van der Waals surface area contributed by atoms with Gasteiger partial charge in [-0.15, -0.1) is 0 Å². The van der Waals surface area contributed by atoms with Gasteiger partial charge in [-0.2, -0.15) is 0 Å². The summed E-state index contributed by atoms with van der Waals surface area (Å²) in [6.45, 7) is 0. The van der Waals surface area contributed by atoms with E-state index in [1.54, 1.807) is 0 Å². The number of nitrogens with zero attached hydrogens (tertiary/aromatic N) is 2. The highest BCUT2D eigenvalue weighted by Crippen LogP contribution is 2.65. The fraction of sp³-hybridized carbons (Fsp3) is 0.0189. The van der Waals surface area contributed by atoms with Crippen molar-refractivity contribution in [2.45, 2.75) is 5.41 Å². The molecule has 2 aliphatic rings. The predicted molar refractivity (Wildman–Crippen MR) is 227 cm³/mol. The smallest absolute Gasteiger partial charge is 0.160 e. The van der Waals surface area contributed by atoms with Gasteiger partial charge in [-0.25, -0.2) is 9.97 Å². The van der Waals surface area contributed by atoms with Crippen LogP contribution in [0.3, 0.4) is 0 Å². The van der Waals surface area contributed by atoms with E-state index in [2.05, 4.69) is 182 Å². The first kappa shape index (κ1) is 30.3. The summed E-state index contributed by atoms with van der Waals surface area (Å²) in [5.41, 5.74) is 16.6. The molecule has 1 spiro atoms. The first-order chi connectivity index (χ1) is 27.3. The molecule has 9 aromatic carbocycles. The molecule has 2 nitrogen and oxygen atoms in total. The molecule has 0 bridgehead atoms. The molecular formula is C53H32N2. The topological polar surface area (TPSA) is 25.8 Å². The second kappa shape index (κ2) is 11.4. The number of aromatic nitrogens is 2. The molecular weight excluding hydrogens is 665 g/mol. The Labute approximate surface area is 319 Å². The van der Waals surface area contributed by atoms with Crippen LogP contribution in [-0.2, 0) is 5.41 Å². The van der Waals surface area contributed by atoms with Gasteiger partial charge in [0.15, 0.2) is 5.82 Å². The van der Waals surface area contributed by atoms with Gasteiger partial charge in [0.2, 0.25) is 0 Å². The average molecular weight is 697 g/mol. The lowest BCUT2D eigenvalue weighted by atomic mass is 9.69. The Morgan fingerprint density at radius 1 is 0.345 bits per heavy atom. The number of benzene rings is 9. The van der Waals surface area contributed by atoms with Crippen LogP contribution in [0.5, 0.6) is 0 Å². The van der Waals surface area contributed by atoms with E-state index < -0.39 is 5.41 Å². The fourth-order valence-electron chi connectivity index (χ4n) is 9.78. The summed E-state index contributed by atoms with van der Waals surface area (Å²) in [5, 5.41) is 6.14. The maximum Gasteiger partial charge on any atom is 0.160 e. The van der Waals surface area contributed by atoms with Crippen molar-refractivity contribution < 1.29 is 0 Å². The Morgan fingerprint density at radius 2 is 1.00 bits per heavy atom. The van der Waals surface area contributed by atoms with Crippen LogP contribution in [-0.4, -0.2) is 9.97 Å². The van der Waals surface area contributed by atoms with Gasteiger partial charge in [0.05, 0.1) is 16.6 Å². The van der Waals surface area contributed by atoms with Crippen LogP contribution < -0.4 is 0 Å². The summed E-state index contributed by atoms with van der Waals surface area (Å²) in [5.74, 6) is 0.725. The first-order valence-corrected chi connectivity index (χ1v) is 19.0. The molecule has 0 amide bonds. The van der Waals surface area contributed by atoms with Gasteiger partial charge in [-0.3, -0.25) is 0 Å². The minimum absolute atomic E-state index is 0.424. The van der Waals surface area contributed by atoms with E-state index in [0.29, 0.717) is 0 Å². The molecule has 0 fully saturated rings. The average Bonchev–Trinajstić information content (AvgIpc) is 3.74.